The van der Waals surface area contributed by atoms with Crippen LogP contribution in [0.2, 0.25) is 0 Å². The number of nitrogens with one attached hydrogen (secondary N) is 1. The zero-order valence-electron chi connectivity index (χ0n) is 16.2. The molecule has 0 bridgehead atoms. The maximum absolute atomic E-state index is 12.9. The molecule has 7 heteroatoms. The Kier molecular flexibility index (Phi) is 5.39. The summed E-state index contributed by atoms with van der Waals surface area (Å²) in [4.78, 5) is 40.5. The molecule has 1 spiro atoms. The number of imide groups is 1. The highest BCUT2D eigenvalue weighted by molar-refractivity contribution is 6.09. The average Bonchev–Trinajstić information content (AvgIpc) is 2.89. The third-order valence-electron chi connectivity index (χ3n) is 5.80. The van der Waals surface area contributed by atoms with E-state index in [0.717, 1.165) is 35.5 Å². The molecular weight excluding hydrogens is 346 g/mol. The van der Waals surface area contributed by atoms with Crippen molar-refractivity contribution in [3.63, 3.8) is 0 Å². The molecule has 4 amide bonds. The van der Waals surface area contributed by atoms with Crippen molar-refractivity contribution in [1.82, 2.24) is 15.1 Å². The van der Waals surface area contributed by atoms with Gasteiger partial charge in [0.1, 0.15) is 17.8 Å². The highest BCUT2D eigenvalue weighted by Crippen LogP contribution is 2.38. The van der Waals surface area contributed by atoms with Gasteiger partial charge in [-0.25, -0.2) is 4.79 Å². The summed E-state index contributed by atoms with van der Waals surface area (Å²) in [6.45, 7) is 2.16. The molecule has 1 N–H and O–H groups in total. The van der Waals surface area contributed by atoms with E-state index >= 15 is 0 Å². The molecule has 0 unspecified atom stereocenters. The molecule has 1 aromatic rings. The Hall–Kier alpha value is -2.57. The maximum atomic E-state index is 12.9. The van der Waals surface area contributed by atoms with E-state index in [1.807, 2.05) is 31.2 Å². The van der Waals surface area contributed by atoms with Crippen molar-refractivity contribution in [1.29, 1.82) is 0 Å². The highest BCUT2D eigenvalue weighted by Gasteiger charge is 2.55. The van der Waals surface area contributed by atoms with Gasteiger partial charge in [-0.05, 0) is 36.5 Å². The average molecular weight is 373 g/mol. The number of hydrogen-bond donors (Lipinski definition) is 1. The van der Waals surface area contributed by atoms with Crippen molar-refractivity contribution in [2.24, 2.45) is 5.92 Å². The molecule has 1 saturated carbocycles. The smallest absolute Gasteiger partial charge is 0.325 e. The molecule has 2 atom stereocenters. The van der Waals surface area contributed by atoms with E-state index in [-0.39, 0.29) is 24.3 Å². The number of carbonyl (C=O) groups is 3. The summed E-state index contributed by atoms with van der Waals surface area (Å²) < 4.78 is 5.13. The number of likely N-dealkylation sites (N-methyl/N-ethyl adjacent to an activating group) is 1. The molecule has 27 heavy (non-hydrogen) atoms. The van der Waals surface area contributed by atoms with E-state index < -0.39 is 11.6 Å². The topological polar surface area (TPSA) is 79.0 Å². The van der Waals surface area contributed by atoms with Crippen LogP contribution in [0.15, 0.2) is 24.3 Å². The van der Waals surface area contributed by atoms with Gasteiger partial charge in [0.05, 0.1) is 7.11 Å². The van der Waals surface area contributed by atoms with Crippen molar-refractivity contribution >= 4 is 17.8 Å². The molecule has 146 valence electrons. The molecule has 1 aliphatic carbocycles. The van der Waals surface area contributed by atoms with Crippen LogP contribution in [-0.4, -0.2) is 53.9 Å². The van der Waals surface area contributed by atoms with Gasteiger partial charge in [-0.3, -0.25) is 14.5 Å². The molecule has 3 rings (SSSR count). The normalized spacial score (nSPS) is 24.9. The third kappa shape index (κ3) is 3.63. The van der Waals surface area contributed by atoms with Gasteiger partial charge >= 0.3 is 6.03 Å². The van der Waals surface area contributed by atoms with E-state index in [0.29, 0.717) is 13.0 Å². The molecule has 1 saturated heterocycles. The summed E-state index contributed by atoms with van der Waals surface area (Å²) in [6.07, 6.45) is 3.53. The minimum atomic E-state index is -0.829. The standard InChI is InChI=1S/C20H27N3O4/c1-14-6-4-5-11-20(14)18(25)23(19(26)21-20)13-17(24)22(2)12-15-7-9-16(27-3)10-8-15/h7-10,14H,4-6,11-13H2,1-3H3,(H,21,26)/t14-,20-/m1/s1. The summed E-state index contributed by atoms with van der Waals surface area (Å²) in [7, 11) is 3.27. The van der Waals surface area contributed by atoms with Crippen LogP contribution in [0.3, 0.4) is 0 Å². The summed E-state index contributed by atoms with van der Waals surface area (Å²) in [6, 6.07) is 6.97. The van der Waals surface area contributed by atoms with Crippen molar-refractivity contribution in [2.75, 3.05) is 20.7 Å². The highest BCUT2D eigenvalue weighted by atomic mass is 16.5. The van der Waals surface area contributed by atoms with Gasteiger partial charge in [0, 0.05) is 13.6 Å². The van der Waals surface area contributed by atoms with Crippen LogP contribution < -0.4 is 10.1 Å². The SMILES string of the molecule is COc1ccc(CN(C)C(=O)CN2C(=O)N[C@@]3(CCCC[C@H]3C)C2=O)cc1. The van der Waals surface area contributed by atoms with Crippen LogP contribution in [-0.2, 0) is 16.1 Å². The number of methoxy groups -OCH3 is 1. The van der Waals surface area contributed by atoms with Crippen LogP contribution in [0.4, 0.5) is 4.79 Å². The second-order valence-electron chi connectivity index (χ2n) is 7.54. The lowest BCUT2D eigenvalue weighted by molar-refractivity contribution is -0.140. The lowest BCUT2D eigenvalue weighted by atomic mass is 9.73. The van der Waals surface area contributed by atoms with E-state index in [2.05, 4.69) is 5.32 Å². The van der Waals surface area contributed by atoms with Crippen molar-refractivity contribution < 1.29 is 19.1 Å². The van der Waals surface area contributed by atoms with Crippen LogP contribution in [0.25, 0.3) is 0 Å². The number of rotatable bonds is 5. The first-order valence-corrected chi connectivity index (χ1v) is 9.38. The summed E-state index contributed by atoms with van der Waals surface area (Å²) in [5.74, 6) is 0.305. The number of carbonyl (C=O) groups excluding carboxylic acids is 3. The molecule has 1 aromatic carbocycles. The van der Waals surface area contributed by atoms with Crippen LogP contribution in [0.1, 0.15) is 38.2 Å². The van der Waals surface area contributed by atoms with Gasteiger partial charge in [-0.15, -0.1) is 0 Å². The third-order valence-corrected chi connectivity index (χ3v) is 5.80. The molecule has 0 aromatic heterocycles. The maximum Gasteiger partial charge on any atom is 0.325 e. The second-order valence-corrected chi connectivity index (χ2v) is 7.54. The van der Waals surface area contributed by atoms with Gasteiger partial charge in [0.2, 0.25) is 5.91 Å². The van der Waals surface area contributed by atoms with Crippen molar-refractivity contribution in [3.8, 4) is 5.75 Å². The zero-order chi connectivity index (χ0) is 19.6. The van der Waals surface area contributed by atoms with Gasteiger partial charge in [0.25, 0.3) is 5.91 Å². The Morgan fingerprint density at radius 3 is 2.63 bits per heavy atom. The molecule has 1 aliphatic heterocycles. The first-order chi connectivity index (χ1) is 12.9. The minimum Gasteiger partial charge on any atom is -0.497 e. The lowest BCUT2D eigenvalue weighted by Crippen LogP contribution is -2.54. The van der Waals surface area contributed by atoms with Crippen molar-refractivity contribution in [2.45, 2.75) is 44.7 Å². The van der Waals surface area contributed by atoms with E-state index in [1.165, 1.54) is 4.90 Å². The fourth-order valence-electron chi connectivity index (χ4n) is 3.99. The molecule has 1 heterocycles. The van der Waals surface area contributed by atoms with E-state index in [4.69, 9.17) is 4.74 Å². The van der Waals surface area contributed by atoms with E-state index in [9.17, 15) is 14.4 Å². The number of benzene rings is 1. The predicted molar refractivity (Wildman–Crippen MR) is 100 cm³/mol. The number of hydrogen-bond acceptors (Lipinski definition) is 4. The Bertz CT molecular complexity index is 733. The number of nitrogens with zero attached hydrogens (tertiary/aromatic N) is 2. The molecule has 2 aliphatic rings. The van der Waals surface area contributed by atoms with Gasteiger partial charge in [0.15, 0.2) is 0 Å². The summed E-state index contributed by atoms with van der Waals surface area (Å²) in [5.41, 5.74) is 0.116. The largest absolute Gasteiger partial charge is 0.497 e. The lowest BCUT2D eigenvalue weighted by Gasteiger charge is -2.36. The Morgan fingerprint density at radius 1 is 1.30 bits per heavy atom. The fraction of sp³-hybridized carbons (Fsp3) is 0.550. The zero-order valence-corrected chi connectivity index (χ0v) is 16.2. The first kappa shape index (κ1) is 19.2. The van der Waals surface area contributed by atoms with Gasteiger partial charge in [-0.2, -0.15) is 0 Å². The monoisotopic (exact) mass is 373 g/mol. The molecular formula is C20H27N3O4. The number of urea groups is 1. The molecule has 7 nitrogen and oxygen atoms in total. The fourth-order valence-corrected chi connectivity index (χ4v) is 3.99. The van der Waals surface area contributed by atoms with Crippen LogP contribution >= 0.6 is 0 Å². The first-order valence-electron chi connectivity index (χ1n) is 9.38. The van der Waals surface area contributed by atoms with Crippen LogP contribution in [0.5, 0.6) is 5.75 Å². The predicted octanol–water partition coefficient (Wildman–Crippen LogP) is 2.15. The van der Waals surface area contributed by atoms with Crippen molar-refractivity contribution in [3.05, 3.63) is 29.8 Å². The Morgan fingerprint density at radius 2 is 2.00 bits per heavy atom. The summed E-state index contributed by atoms with van der Waals surface area (Å²) >= 11 is 0. The Labute approximate surface area is 159 Å². The van der Waals surface area contributed by atoms with Gasteiger partial charge < -0.3 is 15.0 Å². The molecule has 2 fully saturated rings. The Balaban J connectivity index is 1.64. The van der Waals surface area contributed by atoms with Crippen LogP contribution in [0, 0.1) is 5.92 Å². The van der Waals surface area contributed by atoms with Gasteiger partial charge in [-0.1, -0.05) is 31.9 Å². The number of ether oxygens (including phenoxy) is 1. The molecule has 0 radical (unpaired) electrons. The summed E-state index contributed by atoms with van der Waals surface area (Å²) in [5, 5.41) is 2.88. The number of amides is 4. The van der Waals surface area contributed by atoms with E-state index in [1.54, 1.807) is 14.2 Å². The minimum absolute atomic E-state index is 0.0832. The second kappa shape index (κ2) is 7.58. The quantitative estimate of drug-likeness (QED) is 0.802.